The third-order valence-corrected chi connectivity index (χ3v) is 3.58. The second-order valence-electron chi connectivity index (χ2n) is 5.44. The largest absolute Gasteiger partial charge is 0.508 e. The van der Waals surface area contributed by atoms with E-state index in [2.05, 4.69) is 20.6 Å². The fourth-order valence-corrected chi connectivity index (χ4v) is 2.29. The summed E-state index contributed by atoms with van der Waals surface area (Å²) in [6.07, 6.45) is 3.96. The molecular weight excluding hydrogens is 316 g/mol. The van der Waals surface area contributed by atoms with Crippen LogP contribution < -0.4 is 10.6 Å². The summed E-state index contributed by atoms with van der Waals surface area (Å²) in [5.74, 6) is 1.30. The Balaban J connectivity index is 1.56. The molecule has 6 nitrogen and oxygen atoms in total. The average molecular weight is 334 g/mol. The first kappa shape index (κ1) is 16.4. The highest BCUT2D eigenvalue weighted by Crippen LogP contribution is 2.13. The van der Waals surface area contributed by atoms with Gasteiger partial charge in [0, 0.05) is 24.5 Å². The van der Waals surface area contributed by atoms with Crippen LogP contribution in [0.2, 0.25) is 0 Å². The Morgan fingerprint density at radius 2 is 1.76 bits per heavy atom. The molecule has 0 saturated heterocycles. The summed E-state index contributed by atoms with van der Waals surface area (Å²) in [7, 11) is 0. The molecule has 0 unspecified atom stereocenters. The summed E-state index contributed by atoms with van der Waals surface area (Å²) < 4.78 is 0. The average Bonchev–Trinajstić information content (AvgIpc) is 2.64. The van der Waals surface area contributed by atoms with Gasteiger partial charge in [0.1, 0.15) is 17.4 Å². The molecule has 126 valence electrons. The van der Waals surface area contributed by atoms with Crippen molar-refractivity contribution in [2.75, 3.05) is 11.9 Å². The molecule has 0 aliphatic carbocycles. The molecule has 3 aromatic rings. The Bertz CT molecular complexity index is 836. The number of aromatic nitrogens is 2. The predicted molar refractivity (Wildman–Crippen MR) is 95.9 cm³/mol. The standard InChI is InChI=1S/C19H18N4O2/c24-16-6-4-14(5-7-16)8-11-22-19(25)15-9-12-21-18(13-15)23-17-3-1-2-10-20-17/h1-7,9-10,12-13,24H,8,11H2,(H,22,25)(H,20,21,23). The molecule has 0 bridgehead atoms. The maximum absolute atomic E-state index is 12.3. The first-order chi connectivity index (χ1) is 12.2. The molecule has 0 aliphatic heterocycles. The zero-order valence-electron chi connectivity index (χ0n) is 13.5. The molecule has 2 aromatic heterocycles. The van der Waals surface area contributed by atoms with Gasteiger partial charge >= 0.3 is 0 Å². The molecule has 0 fully saturated rings. The number of amides is 1. The van der Waals surface area contributed by atoms with E-state index < -0.39 is 0 Å². The lowest BCUT2D eigenvalue weighted by Gasteiger charge is -2.08. The molecule has 2 heterocycles. The van der Waals surface area contributed by atoms with Crippen LogP contribution in [0.15, 0.2) is 67.0 Å². The molecular formula is C19H18N4O2. The van der Waals surface area contributed by atoms with Crippen LogP contribution >= 0.6 is 0 Å². The molecule has 0 atom stereocenters. The van der Waals surface area contributed by atoms with E-state index in [-0.39, 0.29) is 11.7 Å². The number of benzene rings is 1. The Labute approximate surface area is 145 Å². The van der Waals surface area contributed by atoms with Crippen LogP contribution in [0.4, 0.5) is 11.6 Å². The molecule has 3 N–H and O–H groups in total. The number of pyridine rings is 2. The van der Waals surface area contributed by atoms with Crippen LogP contribution in [0, 0.1) is 0 Å². The van der Waals surface area contributed by atoms with E-state index in [0.29, 0.717) is 30.2 Å². The van der Waals surface area contributed by atoms with Gasteiger partial charge in [0.05, 0.1) is 0 Å². The molecule has 6 heteroatoms. The predicted octanol–water partition coefficient (Wildman–Crippen LogP) is 2.90. The van der Waals surface area contributed by atoms with Crippen LogP contribution in [-0.2, 0) is 6.42 Å². The van der Waals surface area contributed by atoms with Gasteiger partial charge in [-0.15, -0.1) is 0 Å². The van der Waals surface area contributed by atoms with Crippen molar-refractivity contribution in [3.63, 3.8) is 0 Å². The summed E-state index contributed by atoms with van der Waals surface area (Å²) in [4.78, 5) is 20.6. The van der Waals surface area contributed by atoms with Crippen molar-refractivity contribution in [3.8, 4) is 5.75 Å². The van der Waals surface area contributed by atoms with Crippen molar-refractivity contribution in [1.29, 1.82) is 0 Å². The molecule has 1 aromatic carbocycles. The Kier molecular flexibility index (Phi) is 5.21. The second-order valence-corrected chi connectivity index (χ2v) is 5.44. The first-order valence-corrected chi connectivity index (χ1v) is 7.91. The Hall–Kier alpha value is -3.41. The highest BCUT2D eigenvalue weighted by atomic mass is 16.3. The highest BCUT2D eigenvalue weighted by Gasteiger charge is 2.07. The Morgan fingerprint density at radius 3 is 2.52 bits per heavy atom. The number of carbonyl (C=O) groups excluding carboxylic acids is 1. The van der Waals surface area contributed by atoms with Gasteiger partial charge in [-0.05, 0) is 48.4 Å². The molecule has 1 amide bonds. The maximum Gasteiger partial charge on any atom is 0.251 e. The second kappa shape index (κ2) is 7.92. The quantitative estimate of drug-likeness (QED) is 0.645. The lowest BCUT2D eigenvalue weighted by atomic mass is 10.1. The van der Waals surface area contributed by atoms with E-state index in [9.17, 15) is 9.90 Å². The van der Waals surface area contributed by atoms with E-state index in [1.165, 1.54) is 0 Å². The minimum absolute atomic E-state index is 0.162. The van der Waals surface area contributed by atoms with Crippen LogP contribution in [0.5, 0.6) is 5.75 Å². The molecule has 0 spiro atoms. The minimum atomic E-state index is -0.162. The smallest absolute Gasteiger partial charge is 0.251 e. The fraction of sp³-hybridized carbons (Fsp3) is 0.105. The van der Waals surface area contributed by atoms with Crippen LogP contribution in [0.25, 0.3) is 0 Å². The normalized spacial score (nSPS) is 10.2. The van der Waals surface area contributed by atoms with Gasteiger partial charge in [0.15, 0.2) is 0 Å². The third kappa shape index (κ3) is 4.78. The van der Waals surface area contributed by atoms with Gasteiger partial charge < -0.3 is 15.7 Å². The van der Waals surface area contributed by atoms with E-state index in [0.717, 1.165) is 5.56 Å². The van der Waals surface area contributed by atoms with Gasteiger partial charge in [0.25, 0.3) is 5.91 Å². The Morgan fingerprint density at radius 1 is 0.960 bits per heavy atom. The van der Waals surface area contributed by atoms with Gasteiger partial charge in [-0.1, -0.05) is 18.2 Å². The minimum Gasteiger partial charge on any atom is -0.508 e. The van der Waals surface area contributed by atoms with Gasteiger partial charge in [-0.25, -0.2) is 9.97 Å². The zero-order valence-corrected chi connectivity index (χ0v) is 13.5. The third-order valence-electron chi connectivity index (χ3n) is 3.58. The van der Waals surface area contributed by atoms with E-state index in [1.54, 1.807) is 36.7 Å². The zero-order chi connectivity index (χ0) is 17.5. The van der Waals surface area contributed by atoms with E-state index in [1.807, 2.05) is 30.3 Å². The molecule has 0 radical (unpaired) electrons. The number of nitrogens with zero attached hydrogens (tertiary/aromatic N) is 2. The summed E-state index contributed by atoms with van der Waals surface area (Å²) in [6.45, 7) is 0.509. The van der Waals surface area contributed by atoms with Crippen LogP contribution in [0.3, 0.4) is 0 Å². The summed E-state index contributed by atoms with van der Waals surface area (Å²) in [5, 5.41) is 15.2. The van der Waals surface area contributed by atoms with Crippen molar-refractivity contribution in [1.82, 2.24) is 15.3 Å². The number of hydrogen-bond acceptors (Lipinski definition) is 5. The lowest BCUT2D eigenvalue weighted by Crippen LogP contribution is -2.25. The van der Waals surface area contributed by atoms with Gasteiger partial charge in [-0.3, -0.25) is 4.79 Å². The lowest BCUT2D eigenvalue weighted by molar-refractivity contribution is 0.0954. The molecule has 25 heavy (non-hydrogen) atoms. The number of aromatic hydroxyl groups is 1. The maximum atomic E-state index is 12.3. The van der Waals surface area contributed by atoms with Crippen molar-refractivity contribution >= 4 is 17.5 Å². The van der Waals surface area contributed by atoms with E-state index >= 15 is 0 Å². The topological polar surface area (TPSA) is 87.1 Å². The van der Waals surface area contributed by atoms with Crippen molar-refractivity contribution in [2.24, 2.45) is 0 Å². The van der Waals surface area contributed by atoms with Crippen molar-refractivity contribution in [2.45, 2.75) is 6.42 Å². The van der Waals surface area contributed by atoms with Crippen molar-refractivity contribution < 1.29 is 9.90 Å². The van der Waals surface area contributed by atoms with Crippen LogP contribution in [0.1, 0.15) is 15.9 Å². The number of phenolic OH excluding ortho intramolecular Hbond substituents is 1. The number of carbonyl (C=O) groups is 1. The monoisotopic (exact) mass is 334 g/mol. The number of nitrogens with one attached hydrogen (secondary N) is 2. The number of phenols is 1. The van der Waals surface area contributed by atoms with Crippen LogP contribution in [-0.4, -0.2) is 27.5 Å². The molecule has 0 saturated carbocycles. The highest BCUT2D eigenvalue weighted by molar-refractivity contribution is 5.94. The van der Waals surface area contributed by atoms with Gasteiger partial charge in [-0.2, -0.15) is 0 Å². The number of anilines is 2. The summed E-state index contributed by atoms with van der Waals surface area (Å²) in [5.41, 5.74) is 1.57. The summed E-state index contributed by atoms with van der Waals surface area (Å²) >= 11 is 0. The SMILES string of the molecule is O=C(NCCc1ccc(O)cc1)c1ccnc(Nc2ccccn2)c1. The number of hydrogen-bond donors (Lipinski definition) is 3. The fourth-order valence-electron chi connectivity index (χ4n) is 2.29. The van der Waals surface area contributed by atoms with E-state index in [4.69, 9.17) is 0 Å². The van der Waals surface area contributed by atoms with Gasteiger partial charge in [0.2, 0.25) is 0 Å². The molecule has 0 aliphatic rings. The number of rotatable bonds is 6. The van der Waals surface area contributed by atoms with Crippen molar-refractivity contribution in [3.05, 3.63) is 78.1 Å². The summed E-state index contributed by atoms with van der Waals surface area (Å²) in [6, 6.07) is 15.8. The first-order valence-electron chi connectivity index (χ1n) is 7.91. The molecule has 3 rings (SSSR count).